The minimum atomic E-state index is -5.24. The Morgan fingerprint density at radius 2 is 1.32 bits per heavy atom. The lowest BCUT2D eigenvalue weighted by Gasteiger charge is -2.22. The first kappa shape index (κ1) is 29.9. The van der Waals surface area contributed by atoms with Gasteiger partial charge in [-0.3, -0.25) is 30.0 Å². The summed E-state index contributed by atoms with van der Waals surface area (Å²) in [4.78, 5) is 48.0. The number of alkyl halides is 3. The fourth-order valence-corrected chi connectivity index (χ4v) is 3.83. The van der Waals surface area contributed by atoms with E-state index in [1.807, 2.05) is 72.8 Å². The molecule has 0 spiro atoms. The quantitative estimate of drug-likeness (QED) is 0.211. The Kier molecular flexibility index (Phi) is 10.4. The molecule has 0 saturated carbocycles. The minimum Gasteiger partial charge on any atom is -0.461 e. The molecule has 2 atom stereocenters. The second kappa shape index (κ2) is 13.9. The summed E-state index contributed by atoms with van der Waals surface area (Å²) in [5.41, 5.74) is 6.12. The Labute approximate surface area is 228 Å². The minimum absolute atomic E-state index is 0.0588. The molecule has 2 unspecified atom stereocenters. The Balaban J connectivity index is 1.67. The first-order valence-corrected chi connectivity index (χ1v) is 12.4. The van der Waals surface area contributed by atoms with E-state index in [9.17, 15) is 32.3 Å². The van der Waals surface area contributed by atoms with Gasteiger partial charge in [-0.1, -0.05) is 91.9 Å². The predicted molar refractivity (Wildman–Crippen MR) is 140 cm³/mol. The van der Waals surface area contributed by atoms with Crippen molar-refractivity contribution in [3.63, 3.8) is 0 Å². The van der Waals surface area contributed by atoms with Crippen LogP contribution in [0, 0.1) is 5.92 Å². The SMILES string of the molecule is CC(CC(Cc1ccc(-c2ccccc2)cc1)NC(=O)C(=O)NNC(=O)C(F)(F)F)C(=O)OCc1ccccc1. The van der Waals surface area contributed by atoms with E-state index in [0.29, 0.717) is 0 Å². The summed E-state index contributed by atoms with van der Waals surface area (Å²) in [7, 11) is 0. The van der Waals surface area contributed by atoms with Gasteiger partial charge >= 0.3 is 29.9 Å². The van der Waals surface area contributed by atoms with Crippen LogP contribution in [0.4, 0.5) is 13.2 Å². The molecule has 3 rings (SSSR count). The van der Waals surface area contributed by atoms with Crippen LogP contribution in [0.1, 0.15) is 24.5 Å². The number of hydrogen-bond donors (Lipinski definition) is 3. The molecule has 0 aliphatic rings. The van der Waals surface area contributed by atoms with Crippen LogP contribution in [-0.2, 0) is 36.9 Å². The lowest BCUT2D eigenvalue weighted by Crippen LogP contribution is -2.53. The summed E-state index contributed by atoms with van der Waals surface area (Å²) < 4.78 is 42.5. The average molecular weight is 556 g/mol. The standard InChI is InChI=1S/C29H28F3N3O5/c1-19(27(38)40-18-21-8-4-2-5-9-21)16-24(33-25(36)26(37)34-35-28(39)29(30,31)32)17-20-12-14-23(15-13-20)22-10-6-3-7-11-22/h2-15,19,24H,16-18H2,1H3,(H,33,36)(H,34,37)(H,35,39). The molecule has 3 aromatic carbocycles. The third-order valence-electron chi connectivity index (χ3n) is 5.90. The summed E-state index contributed by atoms with van der Waals surface area (Å²) in [6.45, 7) is 1.66. The van der Waals surface area contributed by atoms with Gasteiger partial charge in [0, 0.05) is 6.04 Å². The van der Waals surface area contributed by atoms with Crippen molar-refractivity contribution in [3.8, 4) is 11.1 Å². The van der Waals surface area contributed by atoms with E-state index in [2.05, 4.69) is 5.32 Å². The van der Waals surface area contributed by atoms with Crippen molar-refractivity contribution in [2.24, 2.45) is 5.92 Å². The van der Waals surface area contributed by atoms with E-state index < -0.39 is 41.8 Å². The Bertz CT molecular complexity index is 1300. The molecule has 0 fully saturated rings. The molecule has 3 N–H and O–H groups in total. The normalized spacial score (nSPS) is 12.5. The third-order valence-corrected chi connectivity index (χ3v) is 5.90. The molecule has 0 heterocycles. The van der Waals surface area contributed by atoms with Gasteiger partial charge in [-0.05, 0) is 35.1 Å². The van der Waals surface area contributed by atoms with E-state index in [1.165, 1.54) is 5.43 Å². The molecule has 3 aromatic rings. The van der Waals surface area contributed by atoms with Crippen LogP contribution in [0.3, 0.4) is 0 Å². The molecule has 0 bridgehead atoms. The largest absolute Gasteiger partial charge is 0.472 e. The average Bonchev–Trinajstić information content (AvgIpc) is 2.95. The number of carbonyl (C=O) groups is 4. The second-order valence-electron chi connectivity index (χ2n) is 9.07. The Morgan fingerprint density at radius 3 is 1.93 bits per heavy atom. The molecule has 0 radical (unpaired) electrons. The summed E-state index contributed by atoms with van der Waals surface area (Å²) in [5.74, 6) is -6.42. The first-order chi connectivity index (χ1) is 19.0. The summed E-state index contributed by atoms with van der Waals surface area (Å²) >= 11 is 0. The highest BCUT2D eigenvalue weighted by atomic mass is 19.4. The zero-order valence-corrected chi connectivity index (χ0v) is 21.5. The first-order valence-electron chi connectivity index (χ1n) is 12.4. The molecule has 40 heavy (non-hydrogen) atoms. The number of carbonyl (C=O) groups excluding carboxylic acids is 4. The number of amides is 3. The molecular formula is C29H28F3N3O5. The maximum Gasteiger partial charge on any atom is 0.472 e. The smallest absolute Gasteiger partial charge is 0.461 e. The van der Waals surface area contributed by atoms with Crippen LogP contribution in [-0.4, -0.2) is 35.9 Å². The second-order valence-corrected chi connectivity index (χ2v) is 9.07. The number of esters is 1. The lowest BCUT2D eigenvalue weighted by atomic mass is 9.95. The molecule has 3 amide bonds. The number of hydrogen-bond acceptors (Lipinski definition) is 5. The van der Waals surface area contributed by atoms with Gasteiger partial charge in [-0.15, -0.1) is 0 Å². The molecule has 0 aliphatic carbocycles. The van der Waals surface area contributed by atoms with Crippen molar-refractivity contribution in [1.29, 1.82) is 0 Å². The number of rotatable bonds is 9. The maximum atomic E-state index is 12.6. The van der Waals surface area contributed by atoms with Gasteiger partial charge in [0.25, 0.3) is 0 Å². The van der Waals surface area contributed by atoms with Gasteiger partial charge in [0.1, 0.15) is 6.61 Å². The highest BCUT2D eigenvalue weighted by Crippen LogP contribution is 2.21. The van der Waals surface area contributed by atoms with Crippen molar-refractivity contribution in [1.82, 2.24) is 16.2 Å². The van der Waals surface area contributed by atoms with Crippen molar-refractivity contribution < 1.29 is 37.1 Å². The zero-order chi connectivity index (χ0) is 29.1. The molecule has 11 heteroatoms. The molecule has 0 aromatic heterocycles. The predicted octanol–water partition coefficient (Wildman–Crippen LogP) is 3.86. The van der Waals surface area contributed by atoms with Crippen LogP contribution in [0.15, 0.2) is 84.9 Å². The number of benzene rings is 3. The highest BCUT2D eigenvalue weighted by molar-refractivity contribution is 6.35. The van der Waals surface area contributed by atoms with Crippen molar-refractivity contribution in [3.05, 3.63) is 96.1 Å². The van der Waals surface area contributed by atoms with Crippen LogP contribution in [0.5, 0.6) is 0 Å². The van der Waals surface area contributed by atoms with Gasteiger partial charge in [0.15, 0.2) is 0 Å². The fourth-order valence-electron chi connectivity index (χ4n) is 3.83. The van der Waals surface area contributed by atoms with E-state index in [1.54, 1.807) is 19.1 Å². The fraction of sp³-hybridized carbons (Fsp3) is 0.241. The van der Waals surface area contributed by atoms with Gasteiger partial charge in [0.2, 0.25) is 0 Å². The summed E-state index contributed by atoms with van der Waals surface area (Å²) in [5, 5.41) is 2.44. The van der Waals surface area contributed by atoms with Gasteiger partial charge in [-0.25, -0.2) is 0 Å². The van der Waals surface area contributed by atoms with E-state index in [4.69, 9.17) is 4.74 Å². The molecule has 210 valence electrons. The number of ether oxygens (including phenoxy) is 1. The van der Waals surface area contributed by atoms with Gasteiger partial charge < -0.3 is 10.1 Å². The number of nitrogens with one attached hydrogen (secondary N) is 3. The van der Waals surface area contributed by atoms with Crippen LogP contribution in [0.25, 0.3) is 11.1 Å². The highest BCUT2D eigenvalue weighted by Gasteiger charge is 2.39. The van der Waals surface area contributed by atoms with E-state index >= 15 is 0 Å². The maximum absolute atomic E-state index is 12.6. The van der Waals surface area contributed by atoms with Crippen molar-refractivity contribution in [2.45, 2.75) is 38.6 Å². The third kappa shape index (κ3) is 9.26. The summed E-state index contributed by atoms with van der Waals surface area (Å²) in [6, 6.07) is 25.4. The van der Waals surface area contributed by atoms with E-state index in [-0.39, 0.29) is 19.4 Å². The van der Waals surface area contributed by atoms with Crippen LogP contribution >= 0.6 is 0 Å². The van der Waals surface area contributed by atoms with Crippen molar-refractivity contribution in [2.75, 3.05) is 0 Å². The monoisotopic (exact) mass is 555 g/mol. The Hall–Kier alpha value is -4.67. The zero-order valence-electron chi connectivity index (χ0n) is 21.5. The van der Waals surface area contributed by atoms with Crippen molar-refractivity contribution >= 4 is 23.7 Å². The van der Waals surface area contributed by atoms with Crippen LogP contribution in [0.2, 0.25) is 0 Å². The van der Waals surface area contributed by atoms with Crippen LogP contribution < -0.4 is 16.2 Å². The number of halogens is 3. The molecular weight excluding hydrogens is 527 g/mol. The Morgan fingerprint density at radius 1 is 0.750 bits per heavy atom. The lowest BCUT2D eigenvalue weighted by molar-refractivity contribution is -0.175. The van der Waals surface area contributed by atoms with E-state index in [0.717, 1.165) is 27.7 Å². The molecule has 8 nitrogen and oxygen atoms in total. The topological polar surface area (TPSA) is 114 Å². The number of hydrazine groups is 1. The van der Waals surface area contributed by atoms with Gasteiger partial charge in [0.05, 0.1) is 5.92 Å². The molecule has 0 saturated heterocycles. The summed E-state index contributed by atoms with van der Waals surface area (Å²) in [6.07, 6.45) is -4.96. The van der Waals surface area contributed by atoms with Gasteiger partial charge in [-0.2, -0.15) is 13.2 Å². The molecule has 0 aliphatic heterocycles.